The maximum absolute atomic E-state index is 13.5. The first-order valence-electron chi connectivity index (χ1n) is 5.23. The van der Waals surface area contributed by atoms with Crippen molar-refractivity contribution in [3.63, 3.8) is 0 Å². The second-order valence-electron chi connectivity index (χ2n) is 4.04. The monoisotopic (exact) mass is 230 g/mol. The Morgan fingerprint density at radius 2 is 1.94 bits per heavy atom. The summed E-state index contributed by atoms with van der Waals surface area (Å²) in [5, 5.41) is 0. The molecule has 0 aromatic heterocycles. The Kier molecular flexibility index (Phi) is 3.05. The number of nitrogens with two attached hydrogens (primary N) is 1. The summed E-state index contributed by atoms with van der Waals surface area (Å²) < 4.78 is 39.3. The summed E-state index contributed by atoms with van der Waals surface area (Å²) in [5.74, 6) is -3.71. The van der Waals surface area contributed by atoms with E-state index in [4.69, 9.17) is 5.73 Å². The Morgan fingerprint density at radius 1 is 1.19 bits per heavy atom. The van der Waals surface area contributed by atoms with Crippen molar-refractivity contribution in [1.29, 1.82) is 0 Å². The van der Waals surface area contributed by atoms with E-state index in [-0.39, 0.29) is 11.7 Å². The molecule has 2 rings (SSSR count). The molecule has 1 aliphatic rings. The highest BCUT2D eigenvalue weighted by molar-refractivity contribution is 5.49. The lowest BCUT2D eigenvalue weighted by atomic mass is 10.1. The standard InChI is InChI=1S/C11H13F3N2/c12-8-3-4-9(11(14)10(8)13)16-5-1-2-7(15)6-16/h3-4,7H,1-2,5-6,15H2. The average molecular weight is 230 g/mol. The molecule has 0 amide bonds. The second-order valence-corrected chi connectivity index (χ2v) is 4.04. The molecule has 1 heterocycles. The fourth-order valence-electron chi connectivity index (χ4n) is 1.99. The van der Waals surface area contributed by atoms with E-state index in [9.17, 15) is 13.2 Å². The molecule has 2 N–H and O–H groups in total. The van der Waals surface area contributed by atoms with Gasteiger partial charge < -0.3 is 10.6 Å². The van der Waals surface area contributed by atoms with Crippen molar-refractivity contribution in [2.75, 3.05) is 18.0 Å². The Labute approximate surface area is 91.8 Å². The van der Waals surface area contributed by atoms with Gasteiger partial charge in [-0.05, 0) is 25.0 Å². The molecule has 88 valence electrons. The Morgan fingerprint density at radius 3 is 2.62 bits per heavy atom. The normalized spacial score (nSPS) is 21.2. The van der Waals surface area contributed by atoms with Crippen LogP contribution in [0.15, 0.2) is 12.1 Å². The molecule has 1 aromatic rings. The molecule has 1 saturated heterocycles. The van der Waals surface area contributed by atoms with Crippen LogP contribution in [0.1, 0.15) is 12.8 Å². The average Bonchev–Trinajstić information content (AvgIpc) is 2.26. The summed E-state index contributed by atoms with van der Waals surface area (Å²) in [6.45, 7) is 1.09. The van der Waals surface area contributed by atoms with E-state index in [1.165, 1.54) is 6.07 Å². The Balaban J connectivity index is 2.29. The molecule has 16 heavy (non-hydrogen) atoms. The van der Waals surface area contributed by atoms with Gasteiger partial charge >= 0.3 is 0 Å². The van der Waals surface area contributed by atoms with Gasteiger partial charge in [-0.25, -0.2) is 13.2 Å². The minimum atomic E-state index is -1.42. The lowest BCUT2D eigenvalue weighted by Crippen LogP contribution is -2.43. The number of halogens is 3. The van der Waals surface area contributed by atoms with Crippen LogP contribution in [0.2, 0.25) is 0 Å². The second kappa shape index (κ2) is 4.33. The quantitative estimate of drug-likeness (QED) is 0.748. The first kappa shape index (κ1) is 11.3. The van der Waals surface area contributed by atoms with Gasteiger partial charge in [-0.15, -0.1) is 0 Å². The Bertz CT molecular complexity index is 395. The molecule has 1 atom stereocenters. The molecule has 0 aliphatic carbocycles. The number of anilines is 1. The smallest absolute Gasteiger partial charge is 0.196 e. The number of hydrogen-bond acceptors (Lipinski definition) is 2. The highest BCUT2D eigenvalue weighted by atomic mass is 19.2. The van der Waals surface area contributed by atoms with E-state index in [0.717, 1.165) is 18.9 Å². The van der Waals surface area contributed by atoms with Gasteiger partial charge in [0.15, 0.2) is 17.5 Å². The van der Waals surface area contributed by atoms with E-state index in [2.05, 4.69) is 0 Å². The zero-order chi connectivity index (χ0) is 11.7. The van der Waals surface area contributed by atoms with Crippen LogP contribution in [0.3, 0.4) is 0 Å². The molecule has 0 saturated carbocycles. The summed E-state index contributed by atoms with van der Waals surface area (Å²) in [4.78, 5) is 1.66. The van der Waals surface area contributed by atoms with Crippen molar-refractivity contribution in [2.24, 2.45) is 5.73 Å². The lowest BCUT2D eigenvalue weighted by Gasteiger charge is -2.32. The fraction of sp³-hybridized carbons (Fsp3) is 0.455. The molecule has 2 nitrogen and oxygen atoms in total. The lowest BCUT2D eigenvalue weighted by molar-refractivity contribution is 0.439. The third-order valence-corrected chi connectivity index (χ3v) is 2.81. The van der Waals surface area contributed by atoms with Crippen LogP contribution >= 0.6 is 0 Å². The minimum absolute atomic E-state index is 0.0405. The molecule has 0 bridgehead atoms. The van der Waals surface area contributed by atoms with Gasteiger partial charge in [0, 0.05) is 19.1 Å². The van der Waals surface area contributed by atoms with Gasteiger partial charge in [0.25, 0.3) is 0 Å². The van der Waals surface area contributed by atoms with Crippen molar-refractivity contribution in [3.05, 3.63) is 29.6 Å². The van der Waals surface area contributed by atoms with Gasteiger partial charge in [-0.2, -0.15) is 0 Å². The predicted octanol–water partition coefficient (Wildman–Crippen LogP) is 2.03. The third-order valence-electron chi connectivity index (χ3n) is 2.81. The number of piperidine rings is 1. The van der Waals surface area contributed by atoms with Crippen LogP contribution in [-0.2, 0) is 0 Å². The first-order valence-corrected chi connectivity index (χ1v) is 5.23. The van der Waals surface area contributed by atoms with Crippen molar-refractivity contribution >= 4 is 5.69 Å². The number of benzene rings is 1. The molecule has 1 aliphatic heterocycles. The predicted molar refractivity (Wildman–Crippen MR) is 55.7 cm³/mol. The summed E-state index contributed by atoms with van der Waals surface area (Å²) in [6, 6.07) is 2.15. The summed E-state index contributed by atoms with van der Waals surface area (Å²) in [7, 11) is 0. The molecular weight excluding hydrogens is 217 g/mol. The van der Waals surface area contributed by atoms with Gasteiger partial charge in [0.1, 0.15) is 0 Å². The summed E-state index contributed by atoms with van der Waals surface area (Å²) in [5.41, 5.74) is 5.84. The van der Waals surface area contributed by atoms with Crippen molar-refractivity contribution < 1.29 is 13.2 Å². The van der Waals surface area contributed by atoms with Gasteiger partial charge in [0.05, 0.1) is 5.69 Å². The van der Waals surface area contributed by atoms with E-state index in [1.807, 2.05) is 0 Å². The number of rotatable bonds is 1. The van der Waals surface area contributed by atoms with E-state index in [0.29, 0.717) is 13.1 Å². The van der Waals surface area contributed by atoms with E-state index < -0.39 is 17.5 Å². The van der Waals surface area contributed by atoms with Crippen molar-refractivity contribution in [2.45, 2.75) is 18.9 Å². The summed E-state index contributed by atoms with van der Waals surface area (Å²) >= 11 is 0. The minimum Gasteiger partial charge on any atom is -0.368 e. The van der Waals surface area contributed by atoms with Crippen LogP contribution < -0.4 is 10.6 Å². The Hall–Kier alpha value is -1.23. The molecule has 0 spiro atoms. The summed E-state index contributed by atoms with van der Waals surface area (Å²) in [6.07, 6.45) is 1.71. The van der Waals surface area contributed by atoms with Crippen LogP contribution in [0.4, 0.5) is 18.9 Å². The largest absolute Gasteiger partial charge is 0.368 e. The fourth-order valence-corrected chi connectivity index (χ4v) is 1.99. The van der Waals surface area contributed by atoms with Crippen LogP contribution in [0, 0.1) is 17.5 Å². The first-order chi connectivity index (χ1) is 7.59. The maximum Gasteiger partial charge on any atom is 0.196 e. The van der Waals surface area contributed by atoms with Crippen molar-refractivity contribution in [3.8, 4) is 0 Å². The maximum atomic E-state index is 13.5. The number of nitrogens with zero attached hydrogens (tertiary/aromatic N) is 1. The van der Waals surface area contributed by atoms with Crippen LogP contribution in [-0.4, -0.2) is 19.1 Å². The van der Waals surface area contributed by atoms with Crippen molar-refractivity contribution in [1.82, 2.24) is 0 Å². The molecule has 5 heteroatoms. The molecule has 1 fully saturated rings. The van der Waals surface area contributed by atoms with Gasteiger partial charge in [-0.3, -0.25) is 0 Å². The topological polar surface area (TPSA) is 29.3 Å². The van der Waals surface area contributed by atoms with Crippen LogP contribution in [0.5, 0.6) is 0 Å². The van der Waals surface area contributed by atoms with E-state index in [1.54, 1.807) is 4.90 Å². The zero-order valence-corrected chi connectivity index (χ0v) is 8.72. The highest BCUT2D eigenvalue weighted by Crippen LogP contribution is 2.25. The van der Waals surface area contributed by atoms with Crippen LogP contribution in [0.25, 0.3) is 0 Å². The molecular formula is C11H13F3N2. The molecule has 0 radical (unpaired) electrons. The van der Waals surface area contributed by atoms with E-state index >= 15 is 0 Å². The molecule has 1 unspecified atom stereocenters. The highest BCUT2D eigenvalue weighted by Gasteiger charge is 2.22. The van der Waals surface area contributed by atoms with Gasteiger partial charge in [-0.1, -0.05) is 0 Å². The third kappa shape index (κ3) is 2.00. The number of hydrogen-bond donors (Lipinski definition) is 1. The SMILES string of the molecule is NC1CCCN(c2ccc(F)c(F)c2F)C1. The van der Waals surface area contributed by atoms with Gasteiger partial charge in [0.2, 0.25) is 0 Å². The molecule has 1 aromatic carbocycles. The zero-order valence-electron chi connectivity index (χ0n) is 8.72.